The minimum atomic E-state index is 0.360. The number of nitrogens with zero attached hydrogens (tertiary/aromatic N) is 2. The first kappa shape index (κ1) is 9.59. The lowest BCUT2D eigenvalue weighted by Crippen LogP contribution is -2.10. The fraction of sp³-hybridized carbons (Fsp3) is 0.667. The van der Waals surface area contributed by atoms with E-state index in [1.54, 1.807) is 0 Å². The molecule has 0 aliphatic carbocycles. The summed E-state index contributed by atoms with van der Waals surface area (Å²) in [6.07, 6.45) is 3.03. The van der Waals surface area contributed by atoms with Crippen molar-refractivity contribution in [2.24, 2.45) is 5.41 Å². The van der Waals surface area contributed by atoms with Gasteiger partial charge in [0.15, 0.2) is 5.15 Å². The van der Waals surface area contributed by atoms with Gasteiger partial charge in [0.1, 0.15) is 0 Å². The number of halogens is 1. The van der Waals surface area contributed by atoms with Crippen LogP contribution in [0.4, 0.5) is 0 Å². The summed E-state index contributed by atoms with van der Waals surface area (Å²) in [6.45, 7) is 7.60. The molecule has 2 nitrogen and oxygen atoms in total. The lowest BCUT2D eigenvalue weighted by atomic mass is 9.92. The van der Waals surface area contributed by atoms with Gasteiger partial charge in [-0.3, -0.25) is 4.68 Å². The van der Waals surface area contributed by atoms with Gasteiger partial charge in [-0.25, -0.2) is 0 Å². The van der Waals surface area contributed by atoms with E-state index in [9.17, 15) is 0 Å². The fourth-order valence-corrected chi connectivity index (χ4v) is 1.06. The molecule has 0 amide bonds. The van der Waals surface area contributed by atoms with Crippen LogP contribution in [0, 0.1) is 5.41 Å². The van der Waals surface area contributed by atoms with E-state index in [0.29, 0.717) is 10.6 Å². The summed E-state index contributed by atoms with van der Waals surface area (Å²) in [5.41, 5.74) is 0.360. The maximum atomic E-state index is 5.68. The molecule has 0 radical (unpaired) electrons. The van der Waals surface area contributed by atoms with Crippen LogP contribution in [-0.2, 0) is 6.54 Å². The average Bonchev–Trinajstić information content (AvgIpc) is 2.30. The highest BCUT2D eigenvalue weighted by Crippen LogP contribution is 2.19. The van der Waals surface area contributed by atoms with Gasteiger partial charge in [-0.05, 0) is 17.9 Å². The third kappa shape index (κ3) is 3.26. The van der Waals surface area contributed by atoms with Crippen LogP contribution in [0.25, 0.3) is 0 Å². The topological polar surface area (TPSA) is 17.8 Å². The van der Waals surface area contributed by atoms with Gasteiger partial charge in [0, 0.05) is 12.7 Å². The fourth-order valence-electron chi connectivity index (χ4n) is 0.911. The molecular weight excluding hydrogens is 172 g/mol. The maximum Gasteiger partial charge on any atom is 0.151 e. The van der Waals surface area contributed by atoms with Crippen LogP contribution in [0.2, 0.25) is 5.15 Å². The third-order valence-electron chi connectivity index (χ3n) is 1.70. The molecule has 12 heavy (non-hydrogen) atoms. The SMILES string of the molecule is CC(C)(C)CCn1ccc(Cl)n1. The standard InChI is InChI=1S/C9H15ClN2/c1-9(2,3)5-7-12-6-4-8(10)11-12/h4,6H,5,7H2,1-3H3. The summed E-state index contributed by atoms with van der Waals surface area (Å²) in [5.74, 6) is 0. The predicted octanol–water partition coefficient (Wildman–Crippen LogP) is 2.97. The largest absolute Gasteiger partial charge is 0.271 e. The molecule has 3 heteroatoms. The zero-order chi connectivity index (χ0) is 9.19. The van der Waals surface area contributed by atoms with Gasteiger partial charge in [-0.2, -0.15) is 5.10 Å². The number of rotatable bonds is 2. The van der Waals surface area contributed by atoms with E-state index in [-0.39, 0.29) is 0 Å². The van der Waals surface area contributed by atoms with Crippen molar-refractivity contribution in [2.75, 3.05) is 0 Å². The molecule has 0 N–H and O–H groups in total. The molecule has 0 saturated carbocycles. The van der Waals surface area contributed by atoms with Crippen molar-refractivity contribution >= 4 is 11.6 Å². The molecule has 1 rings (SSSR count). The minimum Gasteiger partial charge on any atom is -0.271 e. The zero-order valence-corrected chi connectivity index (χ0v) is 8.60. The number of aromatic nitrogens is 2. The molecule has 0 unspecified atom stereocenters. The lowest BCUT2D eigenvalue weighted by molar-refractivity contribution is 0.341. The Labute approximate surface area is 78.5 Å². The Bertz CT molecular complexity index is 247. The molecule has 0 aliphatic rings. The van der Waals surface area contributed by atoms with Gasteiger partial charge in [0.05, 0.1) is 0 Å². The number of aryl methyl sites for hydroxylation is 1. The van der Waals surface area contributed by atoms with Gasteiger partial charge >= 0.3 is 0 Å². The van der Waals surface area contributed by atoms with Crippen LogP contribution in [0.3, 0.4) is 0 Å². The van der Waals surface area contributed by atoms with Crippen LogP contribution in [0.5, 0.6) is 0 Å². The van der Waals surface area contributed by atoms with Crippen molar-refractivity contribution in [2.45, 2.75) is 33.7 Å². The first-order valence-electron chi connectivity index (χ1n) is 4.16. The first-order valence-corrected chi connectivity index (χ1v) is 4.54. The Morgan fingerprint density at radius 1 is 1.50 bits per heavy atom. The van der Waals surface area contributed by atoms with E-state index in [1.165, 1.54) is 0 Å². The van der Waals surface area contributed by atoms with E-state index in [4.69, 9.17) is 11.6 Å². The van der Waals surface area contributed by atoms with E-state index in [2.05, 4.69) is 25.9 Å². The predicted molar refractivity (Wildman–Crippen MR) is 51.3 cm³/mol. The molecular formula is C9H15ClN2. The van der Waals surface area contributed by atoms with Crippen LogP contribution in [-0.4, -0.2) is 9.78 Å². The molecule has 1 heterocycles. The Hall–Kier alpha value is -0.500. The maximum absolute atomic E-state index is 5.68. The van der Waals surface area contributed by atoms with Gasteiger partial charge in [-0.15, -0.1) is 0 Å². The average molecular weight is 187 g/mol. The highest BCUT2D eigenvalue weighted by molar-refractivity contribution is 6.29. The molecule has 0 aromatic carbocycles. The molecule has 1 aromatic rings. The summed E-state index contributed by atoms with van der Waals surface area (Å²) in [4.78, 5) is 0. The second-order valence-corrected chi connectivity index (χ2v) is 4.60. The molecule has 0 saturated heterocycles. The summed E-state index contributed by atoms with van der Waals surface area (Å²) in [7, 11) is 0. The highest BCUT2D eigenvalue weighted by atomic mass is 35.5. The van der Waals surface area contributed by atoms with Crippen molar-refractivity contribution in [3.8, 4) is 0 Å². The van der Waals surface area contributed by atoms with Crippen LogP contribution in [0.15, 0.2) is 12.3 Å². The van der Waals surface area contributed by atoms with E-state index < -0.39 is 0 Å². The van der Waals surface area contributed by atoms with Crippen molar-refractivity contribution < 1.29 is 0 Å². The first-order chi connectivity index (χ1) is 5.47. The quantitative estimate of drug-likeness (QED) is 0.695. The Kier molecular flexibility index (Phi) is 2.78. The van der Waals surface area contributed by atoms with Crippen LogP contribution < -0.4 is 0 Å². The van der Waals surface area contributed by atoms with Crippen molar-refractivity contribution in [1.29, 1.82) is 0 Å². The van der Waals surface area contributed by atoms with Gasteiger partial charge in [-0.1, -0.05) is 32.4 Å². The molecule has 68 valence electrons. The Morgan fingerprint density at radius 2 is 2.17 bits per heavy atom. The second kappa shape index (κ2) is 3.48. The number of hydrogen-bond acceptors (Lipinski definition) is 1. The molecule has 0 spiro atoms. The van der Waals surface area contributed by atoms with E-state index in [0.717, 1.165) is 13.0 Å². The van der Waals surface area contributed by atoms with Gasteiger partial charge in [0.25, 0.3) is 0 Å². The molecule has 0 atom stereocenters. The molecule has 1 aromatic heterocycles. The summed E-state index contributed by atoms with van der Waals surface area (Å²) in [5, 5.41) is 4.67. The third-order valence-corrected chi connectivity index (χ3v) is 1.90. The lowest BCUT2D eigenvalue weighted by Gasteiger charge is -2.17. The highest BCUT2D eigenvalue weighted by Gasteiger charge is 2.09. The monoisotopic (exact) mass is 186 g/mol. The van der Waals surface area contributed by atoms with Crippen LogP contribution in [0.1, 0.15) is 27.2 Å². The Balaban J connectivity index is 2.44. The molecule has 0 bridgehead atoms. The van der Waals surface area contributed by atoms with Crippen LogP contribution >= 0.6 is 11.6 Å². The number of hydrogen-bond donors (Lipinski definition) is 0. The summed E-state index contributed by atoms with van der Waals surface area (Å²) < 4.78 is 1.88. The van der Waals surface area contributed by atoms with E-state index >= 15 is 0 Å². The van der Waals surface area contributed by atoms with Gasteiger partial charge < -0.3 is 0 Å². The molecule has 0 fully saturated rings. The van der Waals surface area contributed by atoms with Crippen molar-refractivity contribution in [3.05, 3.63) is 17.4 Å². The van der Waals surface area contributed by atoms with Crippen molar-refractivity contribution in [1.82, 2.24) is 9.78 Å². The summed E-state index contributed by atoms with van der Waals surface area (Å²) in [6, 6.07) is 1.81. The summed E-state index contributed by atoms with van der Waals surface area (Å²) >= 11 is 5.68. The van der Waals surface area contributed by atoms with E-state index in [1.807, 2.05) is 16.9 Å². The second-order valence-electron chi connectivity index (χ2n) is 4.21. The Morgan fingerprint density at radius 3 is 2.58 bits per heavy atom. The zero-order valence-electron chi connectivity index (χ0n) is 7.84. The smallest absolute Gasteiger partial charge is 0.151 e. The molecule has 0 aliphatic heterocycles. The van der Waals surface area contributed by atoms with Gasteiger partial charge in [0.2, 0.25) is 0 Å². The normalized spacial score (nSPS) is 12.0. The van der Waals surface area contributed by atoms with Crippen molar-refractivity contribution in [3.63, 3.8) is 0 Å². The minimum absolute atomic E-state index is 0.360.